The Bertz CT molecular complexity index is 382. The predicted molar refractivity (Wildman–Crippen MR) is 67.5 cm³/mol. The van der Waals surface area contributed by atoms with Gasteiger partial charge in [-0.25, -0.2) is 0 Å². The highest BCUT2D eigenvalue weighted by atomic mass is 16.1. The number of hydrogen-bond acceptors (Lipinski definition) is 2. The summed E-state index contributed by atoms with van der Waals surface area (Å²) in [4.78, 5) is 24.2. The Morgan fingerprint density at radius 3 is 2.65 bits per heavy atom. The van der Waals surface area contributed by atoms with Gasteiger partial charge in [0.25, 0.3) is 0 Å². The van der Waals surface area contributed by atoms with E-state index in [9.17, 15) is 9.59 Å². The molecule has 2 aliphatic carbocycles. The number of Topliss-reactive ketones (excluding diaryl/α,β-unsaturated/α-hetero) is 2. The van der Waals surface area contributed by atoms with E-state index in [-0.39, 0.29) is 23.2 Å². The van der Waals surface area contributed by atoms with E-state index in [1.54, 1.807) is 0 Å². The minimum Gasteiger partial charge on any atom is -0.299 e. The average Bonchev–Trinajstić information content (AvgIpc) is 2.26. The van der Waals surface area contributed by atoms with Crippen LogP contribution in [0.15, 0.2) is 12.2 Å². The summed E-state index contributed by atoms with van der Waals surface area (Å²) >= 11 is 0. The van der Waals surface area contributed by atoms with Gasteiger partial charge in [-0.1, -0.05) is 26.0 Å². The van der Waals surface area contributed by atoms with Crippen LogP contribution >= 0.6 is 0 Å². The lowest BCUT2D eigenvalue weighted by atomic mass is 9.54. The number of hydrogen-bond donors (Lipinski definition) is 0. The molecule has 0 amide bonds. The fraction of sp³-hybridized carbons (Fsp3) is 0.733. The second kappa shape index (κ2) is 4.08. The fourth-order valence-corrected chi connectivity index (χ4v) is 3.60. The summed E-state index contributed by atoms with van der Waals surface area (Å²) in [6, 6.07) is 0. The Kier molecular flexibility index (Phi) is 3.01. The standard InChI is InChI=1S/C15H22O2/c1-9(2)11-7-12-10(3)13(16)5-6-15(12,4)14(17)8-11/h10-12H,1,5-8H2,2-4H3/t10-,11+,12-,15+/m1/s1. The normalized spacial score (nSPS) is 42.2. The SMILES string of the molecule is C=C(C)[C@@H]1CC(=O)[C@@]2(C)CCC(=O)[C@H](C)[C@H]2C1. The van der Waals surface area contributed by atoms with Gasteiger partial charge in [-0.15, -0.1) is 0 Å². The van der Waals surface area contributed by atoms with Gasteiger partial charge in [0.1, 0.15) is 11.6 Å². The first-order chi connectivity index (χ1) is 7.86. The second-order valence-corrected chi connectivity index (χ2v) is 6.19. The molecular weight excluding hydrogens is 212 g/mol. The third-order valence-corrected chi connectivity index (χ3v) is 5.12. The first-order valence-electron chi connectivity index (χ1n) is 6.57. The molecule has 2 fully saturated rings. The maximum Gasteiger partial charge on any atom is 0.139 e. The highest BCUT2D eigenvalue weighted by Crippen LogP contribution is 2.51. The van der Waals surface area contributed by atoms with Gasteiger partial charge in [-0.05, 0) is 31.6 Å². The van der Waals surface area contributed by atoms with Gasteiger partial charge in [0.05, 0.1) is 0 Å². The maximum atomic E-state index is 12.4. The number of allylic oxidation sites excluding steroid dienone is 1. The van der Waals surface area contributed by atoms with Gasteiger partial charge in [-0.3, -0.25) is 9.59 Å². The highest BCUT2D eigenvalue weighted by molar-refractivity contribution is 5.91. The molecule has 0 unspecified atom stereocenters. The van der Waals surface area contributed by atoms with Crippen LogP contribution in [0, 0.1) is 23.2 Å². The van der Waals surface area contributed by atoms with Crippen molar-refractivity contribution >= 4 is 11.6 Å². The number of ketones is 2. The summed E-state index contributed by atoms with van der Waals surface area (Å²) in [6.45, 7) is 10.0. The number of rotatable bonds is 1. The quantitative estimate of drug-likeness (QED) is 0.653. The third-order valence-electron chi connectivity index (χ3n) is 5.12. The van der Waals surface area contributed by atoms with Crippen molar-refractivity contribution in [2.24, 2.45) is 23.2 Å². The molecule has 0 heterocycles. The van der Waals surface area contributed by atoms with Crippen molar-refractivity contribution in [2.75, 3.05) is 0 Å². The molecular formula is C15H22O2. The van der Waals surface area contributed by atoms with Gasteiger partial charge >= 0.3 is 0 Å². The number of fused-ring (bicyclic) bond motifs is 1. The van der Waals surface area contributed by atoms with Crippen LogP contribution in [0.25, 0.3) is 0 Å². The van der Waals surface area contributed by atoms with Crippen LogP contribution in [0.2, 0.25) is 0 Å². The van der Waals surface area contributed by atoms with E-state index in [0.717, 1.165) is 18.4 Å². The van der Waals surface area contributed by atoms with Gasteiger partial charge in [-0.2, -0.15) is 0 Å². The lowest BCUT2D eigenvalue weighted by Crippen LogP contribution is -2.50. The van der Waals surface area contributed by atoms with Crippen LogP contribution < -0.4 is 0 Å². The lowest BCUT2D eigenvalue weighted by molar-refractivity contribution is -0.146. The van der Waals surface area contributed by atoms with Crippen LogP contribution in [-0.4, -0.2) is 11.6 Å². The minimum absolute atomic E-state index is 0.0415. The second-order valence-electron chi connectivity index (χ2n) is 6.19. The van der Waals surface area contributed by atoms with Crippen LogP contribution in [0.3, 0.4) is 0 Å². The van der Waals surface area contributed by atoms with Crippen molar-refractivity contribution in [3.8, 4) is 0 Å². The van der Waals surface area contributed by atoms with Crippen molar-refractivity contribution in [1.29, 1.82) is 0 Å². The maximum absolute atomic E-state index is 12.4. The van der Waals surface area contributed by atoms with E-state index in [1.165, 1.54) is 0 Å². The average molecular weight is 234 g/mol. The van der Waals surface area contributed by atoms with E-state index < -0.39 is 0 Å². The zero-order valence-corrected chi connectivity index (χ0v) is 11.1. The zero-order chi connectivity index (χ0) is 12.8. The molecule has 2 saturated carbocycles. The van der Waals surface area contributed by atoms with Crippen molar-refractivity contribution in [1.82, 2.24) is 0 Å². The van der Waals surface area contributed by atoms with Crippen molar-refractivity contribution < 1.29 is 9.59 Å². The van der Waals surface area contributed by atoms with Gasteiger partial charge < -0.3 is 0 Å². The third kappa shape index (κ3) is 1.88. The van der Waals surface area contributed by atoms with Crippen LogP contribution in [-0.2, 0) is 9.59 Å². The Morgan fingerprint density at radius 2 is 2.06 bits per heavy atom. The topological polar surface area (TPSA) is 34.1 Å². The number of carbonyl (C=O) groups excluding carboxylic acids is 2. The van der Waals surface area contributed by atoms with Gasteiger partial charge in [0.15, 0.2) is 0 Å². The highest BCUT2D eigenvalue weighted by Gasteiger charge is 2.52. The minimum atomic E-state index is -0.251. The van der Waals surface area contributed by atoms with Crippen molar-refractivity contribution in [3.05, 3.63) is 12.2 Å². The van der Waals surface area contributed by atoms with Crippen molar-refractivity contribution in [2.45, 2.75) is 46.5 Å². The Morgan fingerprint density at radius 1 is 1.41 bits per heavy atom. The molecule has 2 aliphatic rings. The van der Waals surface area contributed by atoms with Crippen LogP contribution in [0.4, 0.5) is 0 Å². The molecule has 0 aromatic heterocycles. The van der Waals surface area contributed by atoms with E-state index in [1.807, 2.05) is 13.8 Å². The molecule has 0 saturated heterocycles. The molecule has 17 heavy (non-hydrogen) atoms. The summed E-state index contributed by atoms with van der Waals surface area (Å²) in [6.07, 6.45) is 2.92. The number of carbonyl (C=O) groups is 2. The molecule has 4 atom stereocenters. The Labute approximate surface area is 103 Å². The predicted octanol–water partition coefficient (Wildman–Crippen LogP) is 3.16. The van der Waals surface area contributed by atoms with Gasteiger partial charge in [0.2, 0.25) is 0 Å². The molecule has 0 aliphatic heterocycles. The first-order valence-corrected chi connectivity index (χ1v) is 6.57. The smallest absolute Gasteiger partial charge is 0.139 e. The Hall–Kier alpha value is -0.920. The molecule has 0 N–H and O–H groups in total. The molecule has 0 spiro atoms. The lowest BCUT2D eigenvalue weighted by Gasteiger charge is -2.48. The summed E-state index contributed by atoms with van der Waals surface area (Å²) in [5.41, 5.74) is 0.838. The van der Waals surface area contributed by atoms with Crippen molar-refractivity contribution in [3.63, 3.8) is 0 Å². The molecule has 0 aromatic rings. The summed E-state index contributed by atoms with van der Waals surface area (Å²) in [5, 5.41) is 0. The van der Waals surface area contributed by atoms with Crippen LogP contribution in [0.1, 0.15) is 46.5 Å². The Balaban J connectivity index is 2.31. The molecule has 2 rings (SSSR count). The van der Waals surface area contributed by atoms with Crippen LogP contribution in [0.5, 0.6) is 0 Å². The van der Waals surface area contributed by atoms with E-state index in [0.29, 0.717) is 24.4 Å². The molecule has 0 radical (unpaired) electrons. The molecule has 2 heteroatoms. The van der Waals surface area contributed by atoms with E-state index in [2.05, 4.69) is 13.5 Å². The molecule has 0 bridgehead atoms. The summed E-state index contributed by atoms with van der Waals surface area (Å²) in [7, 11) is 0. The zero-order valence-electron chi connectivity index (χ0n) is 11.1. The van der Waals surface area contributed by atoms with Gasteiger partial charge in [0, 0.05) is 24.2 Å². The fourth-order valence-electron chi connectivity index (χ4n) is 3.60. The molecule has 0 aromatic carbocycles. The largest absolute Gasteiger partial charge is 0.299 e. The monoisotopic (exact) mass is 234 g/mol. The molecule has 2 nitrogen and oxygen atoms in total. The first kappa shape index (κ1) is 12.5. The summed E-state index contributed by atoms with van der Waals surface area (Å²) in [5.74, 6) is 1.24. The van der Waals surface area contributed by atoms with E-state index >= 15 is 0 Å². The molecule has 94 valence electrons. The summed E-state index contributed by atoms with van der Waals surface area (Å²) < 4.78 is 0. The van der Waals surface area contributed by atoms with E-state index in [4.69, 9.17) is 0 Å².